The van der Waals surface area contributed by atoms with Crippen molar-refractivity contribution in [2.24, 2.45) is 0 Å². The third-order valence-electron chi connectivity index (χ3n) is 3.34. The van der Waals surface area contributed by atoms with Gasteiger partial charge in [-0.3, -0.25) is 4.90 Å². The van der Waals surface area contributed by atoms with Crippen molar-refractivity contribution in [2.75, 3.05) is 26.2 Å². The molecule has 2 unspecified atom stereocenters. The summed E-state index contributed by atoms with van der Waals surface area (Å²) < 4.78 is 0. The number of aliphatic hydroxyl groups is 1. The third kappa shape index (κ3) is 1.26. The summed E-state index contributed by atoms with van der Waals surface area (Å²) in [6.07, 6.45) is 2.62. The molecule has 0 spiro atoms. The van der Waals surface area contributed by atoms with Gasteiger partial charge in [0.15, 0.2) is 0 Å². The van der Waals surface area contributed by atoms with E-state index in [9.17, 15) is 0 Å². The molecule has 2 aliphatic rings. The molecule has 0 aromatic rings. The molecule has 2 N–H and O–H groups in total. The van der Waals surface area contributed by atoms with Gasteiger partial charge in [0.05, 0.1) is 6.61 Å². The lowest BCUT2D eigenvalue weighted by molar-refractivity contribution is 0.0724. The molecule has 2 aliphatic heterocycles. The summed E-state index contributed by atoms with van der Waals surface area (Å²) in [6, 6.07) is 0.302. The van der Waals surface area contributed by atoms with Gasteiger partial charge in [0.1, 0.15) is 0 Å². The van der Waals surface area contributed by atoms with Gasteiger partial charge in [0.2, 0.25) is 0 Å². The van der Waals surface area contributed by atoms with Gasteiger partial charge in [0, 0.05) is 24.7 Å². The number of nitrogens with one attached hydrogen (secondary N) is 1. The molecule has 70 valence electrons. The fourth-order valence-electron chi connectivity index (χ4n) is 2.41. The predicted octanol–water partition coefficient (Wildman–Crippen LogP) is -0.195. The van der Waals surface area contributed by atoms with Crippen LogP contribution in [0.3, 0.4) is 0 Å². The van der Waals surface area contributed by atoms with Gasteiger partial charge < -0.3 is 10.4 Å². The molecule has 0 amide bonds. The van der Waals surface area contributed by atoms with Crippen molar-refractivity contribution in [3.8, 4) is 0 Å². The molecule has 3 heteroatoms. The Balaban J connectivity index is 2.02. The average Bonchev–Trinajstić information content (AvgIpc) is 2.45. The van der Waals surface area contributed by atoms with Gasteiger partial charge in [-0.2, -0.15) is 0 Å². The van der Waals surface area contributed by atoms with E-state index in [-0.39, 0.29) is 6.61 Å². The summed E-state index contributed by atoms with van der Waals surface area (Å²) in [4.78, 5) is 2.52. The van der Waals surface area contributed by atoms with Crippen LogP contribution in [-0.2, 0) is 0 Å². The Labute approximate surface area is 73.8 Å². The summed E-state index contributed by atoms with van der Waals surface area (Å²) in [5, 5.41) is 12.4. The molecule has 0 bridgehead atoms. The Morgan fingerprint density at radius 2 is 2.50 bits per heavy atom. The van der Waals surface area contributed by atoms with Gasteiger partial charge >= 0.3 is 0 Å². The topological polar surface area (TPSA) is 35.5 Å². The fraction of sp³-hybridized carbons (Fsp3) is 1.00. The maximum absolute atomic E-state index is 9.01. The molecule has 0 saturated carbocycles. The van der Waals surface area contributed by atoms with E-state index >= 15 is 0 Å². The summed E-state index contributed by atoms with van der Waals surface area (Å²) in [7, 11) is 0. The third-order valence-corrected chi connectivity index (χ3v) is 3.34. The SMILES string of the molecule is CC12CCCN1CC(CO)NC2. The van der Waals surface area contributed by atoms with E-state index in [0.717, 1.165) is 13.1 Å². The molecule has 2 heterocycles. The van der Waals surface area contributed by atoms with Crippen molar-refractivity contribution in [1.82, 2.24) is 10.2 Å². The first kappa shape index (κ1) is 8.48. The molecular formula is C9H18N2O. The molecule has 2 saturated heterocycles. The molecule has 2 rings (SSSR count). The zero-order chi connectivity index (χ0) is 8.60. The predicted molar refractivity (Wildman–Crippen MR) is 48.1 cm³/mol. The van der Waals surface area contributed by atoms with E-state index in [2.05, 4.69) is 17.1 Å². The lowest BCUT2D eigenvalue weighted by Gasteiger charge is -2.43. The second-order valence-electron chi connectivity index (χ2n) is 4.31. The number of rotatable bonds is 1. The number of piperazine rings is 1. The van der Waals surface area contributed by atoms with E-state index in [1.54, 1.807) is 0 Å². The Kier molecular flexibility index (Phi) is 2.10. The quantitative estimate of drug-likeness (QED) is 0.572. The molecular weight excluding hydrogens is 152 g/mol. The molecule has 0 aliphatic carbocycles. The first-order valence-electron chi connectivity index (χ1n) is 4.84. The minimum Gasteiger partial charge on any atom is -0.395 e. The minimum atomic E-state index is 0.270. The van der Waals surface area contributed by atoms with E-state index in [1.165, 1.54) is 19.4 Å². The summed E-state index contributed by atoms with van der Waals surface area (Å²) >= 11 is 0. The van der Waals surface area contributed by atoms with Gasteiger partial charge in [-0.25, -0.2) is 0 Å². The second kappa shape index (κ2) is 2.98. The molecule has 0 aromatic heterocycles. The number of fused-ring (bicyclic) bond motifs is 1. The fourth-order valence-corrected chi connectivity index (χ4v) is 2.41. The van der Waals surface area contributed by atoms with Crippen molar-refractivity contribution in [3.05, 3.63) is 0 Å². The van der Waals surface area contributed by atoms with Crippen LogP contribution in [0.15, 0.2) is 0 Å². The zero-order valence-corrected chi connectivity index (χ0v) is 7.71. The van der Waals surface area contributed by atoms with Gasteiger partial charge in [-0.1, -0.05) is 0 Å². The highest BCUT2D eigenvalue weighted by molar-refractivity contribution is 4.99. The molecule has 12 heavy (non-hydrogen) atoms. The number of hydrogen-bond acceptors (Lipinski definition) is 3. The van der Waals surface area contributed by atoms with Gasteiger partial charge in [0.25, 0.3) is 0 Å². The molecule has 0 radical (unpaired) electrons. The summed E-state index contributed by atoms with van der Waals surface area (Å²) in [5.41, 5.74) is 0.381. The van der Waals surface area contributed by atoms with Crippen molar-refractivity contribution in [3.63, 3.8) is 0 Å². The van der Waals surface area contributed by atoms with Crippen LogP contribution in [0, 0.1) is 0 Å². The lowest BCUT2D eigenvalue weighted by Crippen LogP contribution is -2.61. The zero-order valence-electron chi connectivity index (χ0n) is 7.71. The van der Waals surface area contributed by atoms with Gasteiger partial charge in [-0.05, 0) is 26.3 Å². The van der Waals surface area contributed by atoms with E-state index < -0.39 is 0 Å². The smallest absolute Gasteiger partial charge is 0.0597 e. The highest BCUT2D eigenvalue weighted by Crippen LogP contribution is 2.30. The Bertz CT molecular complexity index is 174. The molecule has 2 fully saturated rings. The van der Waals surface area contributed by atoms with Crippen molar-refractivity contribution >= 4 is 0 Å². The molecule has 3 nitrogen and oxygen atoms in total. The van der Waals surface area contributed by atoms with Crippen LogP contribution in [0.5, 0.6) is 0 Å². The average molecular weight is 170 g/mol. The minimum absolute atomic E-state index is 0.270. The van der Waals surface area contributed by atoms with Crippen LogP contribution in [-0.4, -0.2) is 47.8 Å². The Morgan fingerprint density at radius 1 is 1.67 bits per heavy atom. The number of nitrogens with zero attached hydrogens (tertiary/aromatic N) is 1. The summed E-state index contributed by atoms with van der Waals surface area (Å²) in [5.74, 6) is 0. The highest BCUT2D eigenvalue weighted by atomic mass is 16.3. The van der Waals surface area contributed by atoms with E-state index in [0.29, 0.717) is 11.6 Å². The van der Waals surface area contributed by atoms with E-state index in [1.807, 2.05) is 0 Å². The monoisotopic (exact) mass is 170 g/mol. The largest absolute Gasteiger partial charge is 0.395 e. The molecule has 2 atom stereocenters. The van der Waals surface area contributed by atoms with Crippen LogP contribution in [0.25, 0.3) is 0 Å². The Hall–Kier alpha value is -0.120. The van der Waals surface area contributed by atoms with Crippen molar-refractivity contribution < 1.29 is 5.11 Å². The van der Waals surface area contributed by atoms with Crippen molar-refractivity contribution in [1.29, 1.82) is 0 Å². The maximum atomic E-state index is 9.01. The van der Waals surface area contributed by atoms with Crippen LogP contribution in [0.2, 0.25) is 0 Å². The highest BCUT2D eigenvalue weighted by Gasteiger charge is 2.40. The normalized spacial score (nSPS) is 43.0. The first-order valence-corrected chi connectivity index (χ1v) is 4.84. The van der Waals surface area contributed by atoms with Crippen molar-refractivity contribution in [2.45, 2.75) is 31.3 Å². The van der Waals surface area contributed by atoms with E-state index in [4.69, 9.17) is 5.11 Å². The second-order valence-corrected chi connectivity index (χ2v) is 4.31. The van der Waals surface area contributed by atoms with Crippen LogP contribution in [0.4, 0.5) is 0 Å². The first-order chi connectivity index (χ1) is 5.74. The lowest BCUT2D eigenvalue weighted by atomic mass is 9.95. The maximum Gasteiger partial charge on any atom is 0.0597 e. The molecule has 0 aromatic carbocycles. The standard InChI is InChI=1S/C9H18N2O/c1-9-3-2-4-11(9)5-8(6-12)10-7-9/h8,10,12H,2-7H2,1H3. The van der Waals surface area contributed by atoms with Gasteiger partial charge in [-0.15, -0.1) is 0 Å². The van der Waals surface area contributed by atoms with Crippen LogP contribution >= 0.6 is 0 Å². The number of aliphatic hydroxyl groups excluding tert-OH is 1. The van der Waals surface area contributed by atoms with Crippen LogP contribution in [0.1, 0.15) is 19.8 Å². The summed E-state index contributed by atoms with van der Waals surface area (Å²) in [6.45, 7) is 5.87. The Morgan fingerprint density at radius 3 is 3.25 bits per heavy atom. The van der Waals surface area contributed by atoms with Crippen LogP contribution < -0.4 is 5.32 Å². The number of hydrogen-bond donors (Lipinski definition) is 2.